The van der Waals surface area contributed by atoms with E-state index >= 15 is 0 Å². The summed E-state index contributed by atoms with van der Waals surface area (Å²) in [5.74, 6) is -0.174. The molecule has 0 aliphatic heterocycles. The Labute approximate surface area is 119 Å². The molecule has 0 radical (unpaired) electrons. The predicted molar refractivity (Wildman–Crippen MR) is 75.8 cm³/mol. The average molecular weight is 275 g/mol. The van der Waals surface area contributed by atoms with Gasteiger partial charge >= 0.3 is 5.97 Å². The number of ether oxygens (including phenoxy) is 1. The molecule has 1 aromatic rings. The third-order valence-electron chi connectivity index (χ3n) is 4.01. The first-order valence-corrected chi connectivity index (χ1v) is 7.02. The van der Waals surface area contributed by atoms with Crippen molar-refractivity contribution >= 4 is 11.9 Å². The van der Waals surface area contributed by atoms with Crippen LogP contribution >= 0.6 is 0 Å². The van der Waals surface area contributed by atoms with Crippen LogP contribution in [0.3, 0.4) is 0 Å². The summed E-state index contributed by atoms with van der Waals surface area (Å²) in [6.07, 6.45) is 2.39. The number of rotatable bonds is 4. The Bertz CT molecular complexity index is 472. The normalized spacial score (nSPS) is 21.5. The van der Waals surface area contributed by atoms with E-state index in [4.69, 9.17) is 4.74 Å². The van der Waals surface area contributed by atoms with Crippen LogP contribution < -0.4 is 0 Å². The minimum absolute atomic E-state index is 0.0494. The number of esters is 1. The van der Waals surface area contributed by atoms with E-state index in [1.807, 2.05) is 30.3 Å². The van der Waals surface area contributed by atoms with E-state index in [1.54, 1.807) is 18.9 Å². The van der Waals surface area contributed by atoms with E-state index in [0.717, 1.165) is 18.4 Å². The lowest BCUT2D eigenvalue weighted by molar-refractivity contribution is -0.150. The monoisotopic (exact) mass is 275 g/mol. The van der Waals surface area contributed by atoms with Crippen LogP contribution in [0, 0.1) is 5.92 Å². The lowest BCUT2D eigenvalue weighted by atomic mass is 10.1. The SMILES string of the molecule is CC(=O)N(C)C1CCC(C(=O)OCc2ccccc2)C1. The number of carbonyl (C=O) groups excluding carboxylic acids is 2. The standard InChI is InChI=1S/C16H21NO3/c1-12(18)17(2)15-9-8-14(10-15)16(19)20-11-13-6-4-3-5-7-13/h3-7,14-15H,8-11H2,1-2H3. The summed E-state index contributed by atoms with van der Waals surface area (Å²) in [5.41, 5.74) is 0.997. The first-order chi connectivity index (χ1) is 9.58. The third-order valence-corrected chi connectivity index (χ3v) is 4.01. The Morgan fingerprint density at radius 2 is 1.95 bits per heavy atom. The van der Waals surface area contributed by atoms with Gasteiger partial charge in [0, 0.05) is 20.0 Å². The molecule has 108 valence electrons. The van der Waals surface area contributed by atoms with Crippen molar-refractivity contribution in [3.8, 4) is 0 Å². The Morgan fingerprint density at radius 1 is 1.25 bits per heavy atom. The lowest BCUT2D eigenvalue weighted by Gasteiger charge is -2.22. The summed E-state index contributed by atoms with van der Waals surface area (Å²) < 4.78 is 5.36. The average Bonchev–Trinajstić information content (AvgIpc) is 2.94. The summed E-state index contributed by atoms with van der Waals surface area (Å²) in [6.45, 7) is 1.88. The molecule has 0 saturated heterocycles. The molecule has 0 spiro atoms. The number of nitrogens with zero attached hydrogens (tertiary/aromatic N) is 1. The number of benzene rings is 1. The maximum absolute atomic E-state index is 12.0. The Balaban J connectivity index is 1.81. The van der Waals surface area contributed by atoms with Gasteiger partial charge in [0.1, 0.15) is 6.61 Å². The maximum Gasteiger partial charge on any atom is 0.309 e. The van der Waals surface area contributed by atoms with Crippen LogP contribution in [0.4, 0.5) is 0 Å². The zero-order valence-corrected chi connectivity index (χ0v) is 12.0. The largest absolute Gasteiger partial charge is 0.461 e. The van der Waals surface area contributed by atoms with Crippen LogP contribution in [0.5, 0.6) is 0 Å². The molecular formula is C16H21NO3. The number of hydrogen-bond acceptors (Lipinski definition) is 3. The smallest absolute Gasteiger partial charge is 0.309 e. The topological polar surface area (TPSA) is 46.6 Å². The van der Waals surface area contributed by atoms with Crippen LogP contribution in [0.2, 0.25) is 0 Å². The van der Waals surface area contributed by atoms with Gasteiger partial charge in [0.15, 0.2) is 0 Å². The van der Waals surface area contributed by atoms with Gasteiger partial charge in [-0.25, -0.2) is 0 Å². The lowest BCUT2D eigenvalue weighted by Crippen LogP contribution is -2.34. The van der Waals surface area contributed by atoms with Crippen LogP contribution in [-0.4, -0.2) is 29.9 Å². The molecule has 0 aromatic heterocycles. The highest BCUT2D eigenvalue weighted by molar-refractivity contribution is 5.75. The second kappa shape index (κ2) is 6.55. The molecule has 0 bridgehead atoms. The predicted octanol–water partition coefficient (Wildman–Crippen LogP) is 2.38. The summed E-state index contributed by atoms with van der Waals surface area (Å²) in [6, 6.07) is 9.84. The van der Waals surface area contributed by atoms with E-state index in [2.05, 4.69) is 0 Å². The van der Waals surface area contributed by atoms with Gasteiger partial charge in [-0.1, -0.05) is 30.3 Å². The Hall–Kier alpha value is -1.84. The van der Waals surface area contributed by atoms with Crippen molar-refractivity contribution in [2.24, 2.45) is 5.92 Å². The molecule has 2 atom stereocenters. The Kier molecular flexibility index (Phi) is 4.77. The highest BCUT2D eigenvalue weighted by Gasteiger charge is 2.33. The highest BCUT2D eigenvalue weighted by Crippen LogP contribution is 2.30. The summed E-state index contributed by atoms with van der Waals surface area (Å²) in [4.78, 5) is 25.1. The molecule has 0 N–H and O–H groups in total. The van der Waals surface area contributed by atoms with E-state index < -0.39 is 0 Å². The molecule has 20 heavy (non-hydrogen) atoms. The molecular weight excluding hydrogens is 254 g/mol. The Morgan fingerprint density at radius 3 is 2.60 bits per heavy atom. The van der Waals surface area contributed by atoms with E-state index in [9.17, 15) is 9.59 Å². The van der Waals surface area contributed by atoms with Gasteiger partial charge in [-0.15, -0.1) is 0 Å². The van der Waals surface area contributed by atoms with Gasteiger partial charge < -0.3 is 9.64 Å². The van der Waals surface area contributed by atoms with E-state index in [0.29, 0.717) is 13.0 Å². The quantitative estimate of drug-likeness (QED) is 0.793. The zero-order chi connectivity index (χ0) is 14.5. The first kappa shape index (κ1) is 14.6. The molecule has 1 aliphatic carbocycles. The van der Waals surface area contributed by atoms with Crippen molar-refractivity contribution < 1.29 is 14.3 Å². The van der Waals surface area contributed by atoms with E-state index in [-0.39, 0.29) is 23.8 Å². The zero-order valence-electron chi connectivity index (χ0n) is 12.0. The fraction of sp³-hybridized carbons (Fsp3) is 0.500. The summed E-state index contributed by atoms with van der Waals surface area (Å²) in [5, 5.41) is 0. The number of amides is 1. The molecule has 4 nitrogen and oxygen atoms in total. The molecule has 0 heterocycles. The molecule has 1 saturated carbocycles. The van der Waals surface area contributed by atoms with Crippen LogP contribution in [0.1, 0.15) is 31.7 Å². The minimum atomic E-state index is -0.145. The maximum atomic E-state index is 12.0. The fourth-order valence-electron chi connectivity index (χ4n) is 2.63. The molecule has 1 fully saturated rings. The van der Waals surface area contributed by atoms with Gasteiger partial charge in [-0.3, -0.25) is 9.59 Å². The fourth-order valence-corrected chi connectivity index (χ4v) is 2.63. The van der Waals surface area contributed by atoms with Gasteiger partial charge in [0.2, 0.25) is 5.91 Å². The summed E-state index contributed by atoms with van der Waals surface area (Å²) >= 11 is 0. The van der Waals surface area contributed by atoms with Crippen molar-refractivity contribution in [2.45, 2.75) is 38.8 Å². The van der Waals surface area contributed by atoms with Crippen molar-refractivity contribution in [1.82, 2.24) is 4.90 Å². The number of carbonyl (C=O) groups is 2. The molecule has 2 unspecified atom stereocenters. The van der Waals surface area contributed by atoms with Crippen molar-refractivity contribution in [1.29, 1.82) is 0 Å². The number of hydrogen-bond donors (Lipinski definition) is 0. The molecule has 2 rings (SSSR count). The second-order valence-corrected chi connectivity index (χ2v) is 5.39. The van der Waals surface area contributed by atoms with Gasteiger partial charge in [0.25, 0.3) is 0 Å². The van der Waals surface area contributed by atoms with Gasteiger partial charge in [0.05, 0.1) is 5.92 Å². The van der Waals surface area contributed by atoms with E-state index in [1.165, 1.54) is 0 Å². The summed E-state index contributed by atoms with van der Waals surface area (Å²) in [7, 11) is 1.80. The third kappa shape index (κ3) is 3.59. The molecule has 1 amide bonds. The molecule has 1 aromatic carbocycles. The van der Waals surface area contributed by atoms with Crippen molar-refractivity contribution in [3.63, 3.8) is 0 Å². The van der Waals surface area contributed by atoms with Crippen LogP contribution in [0.15, 0.2) is 30.3 Å². The minimum Gasteiger partial charge on any atom is -0.461 e. The first-order valence-electron chi connectivity index (χ1n) is 7.02. The van der Waals surface area contributed by atoms with Crippen molar-refractivity contribution in [2.75, 3.05) is 7.05 Å². The van der Waals surface area contributed by atoms with Crippen LogP contribution in [0.25, 0.3) is 0 Å². The van der Waals surface area contributed by atoms with Crippen molar-refractivity contribution in [3.05, 3.63) is 35.9 Å². The van der Waals surface area contributed by atoms with Gasteiger partial charge in [-0.05, 0) is 24.8 Å². The van der Waals surface area contributed by atoms with Gasteiger partial charge in [-0.2, -0.15) is 0 Å². The highest BCUT2D eigenvalue weighted by atomic mass is 16.5. The molecule has 1 aliphatic rings. The molecule has 4 heteroatoms. The van der Waals surface area contributed by atoms with Crippen LogP contribution in [-0.2, 0) is 20.9 Å². The second-order valence-electron chi connectivity index (χ2n) is 5.39.